The maximum atomic E-state index is 9.88. The van der Waals surface area contributed by atoms with E-state index in [2.05, 4.69) is 51.3 Å². The molecule has 0 bridgehead atoms. The first-order valence-electron chi connectivity index (χ1n) is 10.7. The number of fused-ring (bicyclic) bond motifs is 1. The van der Waals surface area contributed by atoms with E-state index in [1.807, 2.05) is 30.3 Å². The van der Waals surface area contributed by atoms with Gasteiger partial charge in [0.15, 0.2) is 0 Å². The summed E-state index contributed by atoms with van der Waals surface area (Å²) in [6.07, 6.45) is 5.15. The van der Waals surface area contributed by atoms with Crippen LogP contribution in [0.1, 0.15) is 35.0 Å². The highest BCUT2D eigenvalue weighted by molar-refractivity contribution is 7.18. The molecule has 0 amide bonds. The summed E-state index contributed by atoms with van der Waals surface area (Å²) >= 11 is 1.56. The van der Waals surface area contributed by atoms with E-state index < -0.39 is 5.92 Å². The van der Waals surface area contributed by atoms with Crippen LogP contribution in [0.3, 0.4) is 0 Å². The number of thiazole rings is 1. The van der Waals surface area contributed by atoms with Crippen molar-refractivity contribution >= 4 is 27.5 Å². The molecular weight excluding hydrogens is 402 g/mol. The van der Waals surface area contributed by atoms with Gasteiger partial charge in [0.05, 0.1) is 22.0 Å². The van der Waals surface area contributed by atoms with Crippen molar-refractivity contribution < 1.29 is 0 Å². The number of benzene rings is 2. The van der Waals surface area contributed by atoms with E-state index >= 15 is 0 Å². The van der Waals surface area contributed by atoms with Gasteiger partial charge in [-0.3, -0.25) is 0 Å². The molecule has 31 heavy (non-hydrogen) atoms. The van der Waals surface area contributed by atoms with Crippen molar-refractivity contribution in [3.8, 4) is 6.07 Å². The standard InChI is InChI=1S/C25H23N5S/c26-17-20(24-28-22-8-4-5-9-23(22)31-24)21-10-13-27-25(29-21)30-14-11-19(12-15-30)16-18-6-2-1-3-7-18/h1-10,13,19-20H,11-12,14-16H2. The minimum Gasteiger partial charge on any atom is -0.341 e. The molecule has 1 saturated heterocycles. The van der Waals surface area contributed by atoms with Crippen molar-refractivity contribution in [3.63, 3.8) is 0 Å². The maximum Gasteiger partial charge on any atom is 0.225 e. The molecule has 1 aliphatic heterocycles. The quantitative estimate of drug-likeness (QED) is 0.440. The Balaban J connectivity index is 1.30. The van der Waals surface area contributed by atoms with Crippen molar-refractivity contribution in [1.29, 1.82) is 5.26 Å². The third-order valence-corrected chi connectivity index (χ3v) is 7.01. The lowest BCUT2D eigenvalue weighted by Crippen LogP contribution is -2.35. The fraction of sp³-hybridized carbons (Fsp3) is 0.280. The van der Waals surface area contributed by atoms with Crippen LogP contribution in [0.15, 0.2) is 66.9 Å². The molecule has 0 radical (unpaired) electrons. The lowest BCUT2D eigenvalue weighted by molar-refractivity contribution is 0.400. The van der Waals surface area contributed by atoms with Gasteiger partial charge in [0.25, 0.3) is 0 Å². The molecular formula is C25H23N5S. The zero-order valence-corrected chi connectivity index (χ0v) is 18.0. The molecule has 2 aromatic heterocycles. The Morgan fingerprint density at radius 3 is 2.55 bits per heavy atom. The van der Waals surface area contributed by atoms with E-state index in [1.165, 1.54) is 5.56 Å². The van der Waals surface area contributed by atoms with Crippen LogP contribution in [-0.4, -0.2) is 28.0 Å². The summed E-state index contributed by atoms with van der Waals surface area (Å²) in [5, 5.41) is 10.7. The average Bonchev–Trinajstić information content (AvgIpc) is 3.25. The SMILES string of the molecule is N#CC(c1ccnc(N2CCC(Cc3ccccc3)CC2)n1)c1nc2ccccc2s1. The molecule has 4 aromatic rings. The van der Waals surface area contributed by atoms with Gasteiger partial charge in [-0.05, 0) is 48.9 Å². The Bertz CT molecular complexity index is 1170. The van der Waals surface area contributed by atoms with Crippen LogP contribution in [-0.2, 0) is 6.42 Å². The number of aromatic nitrogens is 3. The Morgan fingerprint density at radius 1 is 1.00 bits per heavy atom. The zero-order chi connectivity index (χ0) is 21.0. The third-order valence-electron chi connectivity index (χ3n) is 5.91. The van der Waals surface area contributed by atoms with Crippen molar-refractivity contribution in [2.75, 3.05) is 18.0 Å². The highest BCUT2D eigenvalue weighted by Crippen LogP contribution is 2.31. The first-order valence-corrected chi connectivity index (χ1v) is 11.5. The van der Waals surface area contributed by atoms with E-state index in [0.29, 0.717) is 5.92 Å². The van der Waals surface area contributed by atoms with Crippen LogP contribution in [0.2, 0.25) is 0 Å². The van der Waals surface area contributed by atoms with Crippen LogP contribution in [0.25, 0.3) is 10.2 Å². The van der Waals surface area contributed by atoms with Crippen LogP contribution in [0.5, 0.6) is 0 Å². The molecule has 5 nitrogen and oxygen atoms in total. The minimum atomic E-state index is -0.477. The number of para-hydroxylation sites is 1. The molecule has 1 atom stereocenters. The van der Waals surface area contributed by atoms with Crippen molar-refractivity contribution in [2.45, 2.75) is 25.2 Å². The monoisotopic (exact) mass is 425 g/mol. The van der Waals surface area contributed by atoms with Crippen LogP contribution >= 0.6 is 11.3 Å². The first-order chi connectivity index (χ1) is 15.3. The van der Waals surface area contributed by atoms with Gasteiger partial charge in [-0.15, -0.1) is 11.3 Å². The Kier molecular flexibility index (Phi) is 5.59. The van der Waals surface area contributed by atoms with E-state index in [4.69, 9.17) is 4.98 Å². The molecule has 2 aromatic carbocycles. The Labute approximate surface area is 186 Å². The minimum absolute atomic E-state index is 0.477. The molecule has 0 saturated carbocycles. The third kappa shape index (κ3) is 4.28. The molecule has 5 rings (SSSR count). The fourth-order valence-electron chi connectivity index (χ4n) is 4.22. The summed E-state index contributed by atoms with van der Waals surface area (Å²) < 4.78 is 1.09. The smallest absolute Gasteiger partial charge is 0.225 e. The van der Waals surface area contributed by atoms with Gasteiger partial charge in [0.2, 0.25) is 5.95 Å². The molecule has 3 heterocycles. The molecule has 0 spiro atoms. The van der Waals surface area contributed by atoms with E-state index in [1.54, 1.807) is 17.5 Å². The van der Waals surface area contributed by atoms with Gasteiger partial charge in [-0.1, -0.05) is 42.5 Å². The number of piperidine rings is 1. The van der Waals surface area contributed by atoms with Gasteiger partial charge < -0.3 is 4.90 Å². The van der Waals surface area contributed by atoms with Crippen LogP contribution < -0.4 is 4.90 Å². The number of rotatable bonds is 5. The predicted molar refractivity (Wildman–Crippen MR) is 124 cm³/mol. The average molecular weight is 426 g/mol. The van der Waals surface area contributed by atoms with Gasteiger partial charge in [-0.25, -0.2) is 15.0 Å². The van der Waals surface area contributed by atoms with E-state index in [9.17, 15) is 5.26 Å². The molecule has 154 valence electrons. The molecule has 1 fully saturated rings. The molecule has 0 aliphatic carbocycles. The van der Waals surface area contributed by atoms with Gasteiger partial charge in [0, 0.05) is 19.3 Å². The van der Waals surface area contributed by atoms with E-state index in [0.717, 1.165) is 59.2 Å². The zero-order valence-electron chi connectivity index (χ0n) is 17.2. The lowest BCUT2D eigenvalue weighted by Gasteiger charge is -2.32. The largest absolute Gasteiger partial charge is 0.341 e. The summed E-state index contributed by atoms with van der Waals surface area (Å²) in [6, 6.07) is 22.9. The molecule has 1 unspecified atom stereocenters. The molecule has 6 heteroatoms. The summed E-state index contributed by atoms with van der Waals surface area (Å²) in [7, 11) is 0. The normalized spacial score (nSPS) is 15.6. The van der Waals surface area contributed by atoms with Crippen molar-refractivity contribution in [2.24, 2.45) is 5.92 Å². The fourth-order valence-corrected chi connectivity index (χ4v) is 5.25. The van der Waals surface area contributed by atoms with Crippen molar-refractivity contribution in [3.05, 3.63) is 83.1 Å². The summed E-state index contributed by atoms with van der Waals surface area (Å²) in [5.41, 5.74) is 3.06. The van der Waals surface area contributed by atoms with Crippen molar-refractivity contribution in [1.82, 2.24) is 15.0 Å². The lowest BCUT2D eigenvalue weighted by atomic mass is 9.90. The van der Waals surface area contributed by atoms with Crippen LogP contribution in [0.4, 0.5) is 5.95 Å². The molecule has 1 aliphatic rings. The van der Waals surface area contributed by atoms with Gasteiger partial charge >= 0.3 is 0 Å². The van der Waals surface area contributed by atoms with Gasteiger partial charge in [-0.2, -0.15) is 5.26 Å². The summed E-state index contributed by atoms with van der Waals surface area (Å²) in [4.78, 5) is 16.2. The Morgan fingerprint density at radius 2 is 1.77 bits per heavy atom. The predicted octanol–water partition coefficient (Wildman–Crippen LogP) is 5.20. The second kappa shape index (κ2) is 8.83. The number of hydrogen-bond donors (Lipinski definition) is 0. The highest BCUT2D eigenvalue weighted by Gasteiger charge is 2.24. The maximum absolute atomic E-state index is 9.88. The van der Waals surface area contributed by atoms with Gasteiger partial charge in [0.1, 0.15) is 10.9 Å². The second-order valence-corrected chi connectivity index (χ2v) is 9.05. The molecule has 0 N–H and O–H groups in total. The number of nitrogens with zero attached hydrogens (tertiary/aromatic N) is 5. The number of hydrogen-bond acceptors (Lipinski definition) is 6. The van der Waals surface area contributed by atoms with Crippen LogP contribution in [0, 0.1) is 17.2 Å². The number of anilines is 1. The highest BCUT2D eigenvalue weighted by atomic mass is 32.1. The Hall–Kier alpha value is -3.30. The summed E-state index contributed by atoms with van der Waals surface area (Å²) in [6.45, 7) is 1.89. The van der Waals surface area contributed by atoms with E-state index in [-0.39, 0.29) is 0 Å². The topological polar surface area (TPSA) is 65.7 Å². The second-order valence-electron chi connectivity index (χ2n) is 7.98. The first kappa shape index (κ1) is 19.7. The summed E-state index contributed by atoms with van der Waals surface area (Å²) in [5.74, 6) is 0.934. The number of nitriles is 1.